The SMILES string of the molecule is c1ccc(-c2ccc(-c3cc(-c4ccc(-n5c6ccccc6c6ccc(-c7ccc8c(c7)c7ccccc7n8-c7ccccc7)cc65)cc4)nc(-c4ccccc4)n3)cc2)cc1. The quantitative estimate of drug-likeness (QED) is 0.161. The minimum Gasteiger partial charge on any atom is -0.309 e. The van der Waals surface area contributed by atoms with Crippen molar-refractivity contribution in [2.75, 3.05) is 0 Å². The first kappa shape index (κ1) is 35.6. The van der Waals surface area contributed by atoms with Gasteiger partial charge in [-0.15, -0.1) is 0 Å². The number of benzene rings is 9. The van der Waals surface area contributed by atoms with Crippen LogP contribution in [0.4, 0.5) is 0 Å². The van der Waals surface area contributed by atoms with Crippen molar-refractivity contribution < 1.29 is 0 Å². The predicted molar refractivity (Wildman–Crippen MR) is 258 cm³/mol. The van der Waals surface area contributed by atoms with Crippen molar-refractivity contribution in [2.24, 2.45) is 0 Å². The molecule has 12 rings (SSSR count). The maximum absolute atomic E-state index is 5.14. The molecule has 0 saturated carbocycles. The molecule has 0 aliphatic rings. The molecule has 0 amide bonds. The van der Waals surface area contributed by atoms with E-state index >= 15 is 0 Å². The van der Waals surface area contributed by atoms with Crippen molar-refractivity contribution in [3.05, 3.63) is 231 Å². The van der Waals surface area contributed by atoms with Crippen LogP contribution in [-0.2, 0) is 0 Å². The van der Waals surface area contributed by atoms with Gasteiger partial charge in [-0.05, 0) is 82.9 Å². The number of aromatic nitrogens is 4. The highest BCUT2D eigenvalue weighted by atomic mass is 15.0. The molecule has 0 spiro atoms. The Kier molecular flexibility index (Phi) is 8.46. The van der Waals surface area contributed by atoms with Crippen molar-refractivity contribution >= 4 is 43.6 Å². The van der Waals surface area contributed by atoms with Gasteiger partial charge < -0.3 is 9.13 Å². The van der Waals surface area contributed by atoms with E-state index in [1.165, 1.54) is 60.3 Å². The summed E-state index contributed by atoms with van der Waals surface area (Å²) in [7, 11) is 0. The van der Waals surface area contributed by atoms with E-state index in [0.29, 0.717) is 5.82 Å². The summed E-state index contributed by atoms with van der Waals surface area (Å²) in [5.41, 5.74) is 16.5. The molecule has 0 bridgehead atoms. The van der Waals surface area contributed by atoms with E-state index < -0.39 is 0 Å². The molecule has 4 heteroatoms. The van der Waals surface area contributed by atoms with E-state index in [1.807, 2.05) is 24.3 Å². The maximum Gasteiger partial charge on any atom is 0.160 e. The second-order valence-electron chi connectivity index (χ2n) is 15.8. The first-order valence-corrected chi connectivity index (χ1v) is 21.1. The van der Waals surface area contributed by atoms with Gasteiger partial charge in [0.15, 0.2) is 5.82 Å². The van der Waals surface area contributed by atoms with Gasteiger partial charge in [0, 0.05) is 49.6 Å². The number of hydrogen-bond donors (Lipinski definition) is 0. The average Bonchev–Trinajstić information content (AvgIpc) is 3.87. The molecular weight excluding hydrogens is 753 g/mol. The molecule has 4 nitrogen and oxygen atoms in total. The lowest BCUT2D eigenvalue weighted by Gasteiger charge is -2.12. The Bertz CT molecular complexity index is 3590. The van der Waals surface area contributed by atoms with Gasteiger partial charge in [0.1, 0.15) is 0 Å². The molecule has 0 atom stereocenters. The average molecular weight is 791 g/mol. The van der Waals surface area contributed by atoms with Crippen LogP contribution >= 0.6 is 0 Å². The number of rotatable bonds is 7. The minimum atomic E-state index is 0.701. The highest BCUT2D eigenvalue weighted by molar-refractivity contribution is 6.12. The van der Waals surface area contributed by atoms with Crippen LogP contribution in [0.25, 0.3) is 111 Å². The van der Waals surface area contributed by atoms with Crippen LogP contribution in [0.5, 0.6) is 0 Å². The van der Waals surface area contributed by atoms with Gasteiger partial charge in [-0.3, -0.25) is 0 Å². The number of nitrogens with zero attached hydrogens (tertiary/aromatic N) is 4. The van der Waals surface area contributed by atoms with Crippen LogP contribution < -0.4 is 0 Å². The van der Waals surface area contributed by atoms with Crippen molar-refractivity contribution in [1.82, 2.24) is 19.1 Å². The first-order chi connectivity index (χ1) is 30.7. The highest BCUT2D eigenvalue weighted by Crippen LogP contribution is 2.39. The minimum absolute atomic E-state index is 0.701. The lowest BCUT2D eigenvalue weighted by atomic mass is 10.0. The standard InChI is InChI=1S/C58H38N4/c1-4-14-39(15-5-1)40-24-26-41(27-25-40)52-38-53(60-58(59-52)43-16-6-2-7-17-43)42-28-32-47(33-29-42)62-54-22-12-10-20-48(54)50-34-30-45(37-57(50)62)44-31-35-56-51(36-44)49-21-11-13-23-55(49)61(56)46-18-8-3-9-19-46/h1-38H. The first-order valence-electron chi connectivity index (χ1n) is 21.1. The zero-order valence-electron chi connectivity index (χ0n) is 33.7. The Morgan fingerprint density at radius 2 is 0.661 bits per heavy atom. The Morgan fingerprint density at radius 1 is 0.242 bits per heavy atom. The fraction of sp³-hybridized carbons (Fsp3) is 0. The summed E-state index contributed by atoms with van der Waals surface area (Å²) in [5.74, 6) is 0.701. The number of fused-ring (bicyclic) bond motifs is 6. The summed E-state index contributed by atoms with van der Waals surface area (Å²) >= 11 is 0. The predicted octanol–water partition coefficient (Wildman–Crippen LogP) is 15.0. The molecule has 3 heterocycles. The molecule has 0 aliphatic carbocycles. The molecule has 0 radical (unpaired) electrons. The summed E-state index contributed by atoms with van der Waals surface area (Å²) in [6, 6.07) is 82.2. The van der Waals surface area contributed by atoms with E-state index in [0.717, 1.165) is 45.0 Å². The molecule has 9 aromatic carbocycles. The maximum atomic E-state index is 5.14. The molecule has 3 aromatic heterocycles. The molecule has 290 valence electrons. The summed E-state index contributed by atoms with van der Waals surface area (Å²) in [4.78, 5) is 10.2. The van der Waals surface area contributed by atoms with Gasteiger partial charge in [0.05, 0.1) is 33.5 Å². The van der Waals surface area contributed by atoms with Crippen molar-refractivity contribution in [2.45, 2.75) is 0 Å². The fourth-order valence-corrected chi connectivity index (χ4v) is 9.14. The van der Waals surface area contributed by atoms with Crippen LogP contribution in [0.3, 0.4) is 0 Å². The van der Waals surface area contributed by atoms with Crippen LogP contribution in [0.15, 0.2) is 231 Å². The van der Waals surface area contributed by atoms with E-state index in [2.05, 4.69) is 215 Å². The van der Waals surface area contributed by atoms with E-state index in [9.17, 15) is 0 Å². The molecule has 0 fully saturated rings. The Labute approximate surface area is 359 Å². The zero-order valence-corrected chi connectivity index (χ0v) is 33.7. The number of hydrogen-bond acceptors (Lipinski definition) is 2. The largest absolute Gasteiger partial charge is 0.309 e. The lowest BCUT2D eigenvalue weighted by molar-refractivity contribution is 1.17. The van der Waals surface area contributed by atoms with Crippen molar-refractivity contribution in [3.63, 3.8) is 0 Å². The Balaban J connectivity index is 0.953. The monoisotopic (exact) mass is 790 g/mol. The van der Waals surface area contributed by atoms with E-state index in [4.69, 9.17) is 9.97 Å². The Morgan fingerprint density at radius 3 is 1.32 bits per heavy atom. The van der Waals surface area contributed by atoms with Gasteiger partial charge in [0.25, 0.3) is 0 Å². The highest BCUT2D eigenvalue weighted by Gasteiger charge is 2.17. The van der Waals surface area contributed by atoms with E-state index in [-0.39, 0.29) is 0 Å². The molecule has 0 unspecified atom stereocenters. The van der Waals surface area contributed by atoms with Gasteiger partial charge in [-0.25, -0.2) is 9.97 Å². The van der Waals surface area contributed by atoms with E-state index in [1.54, 1.807) is 0 Å². The third-order valence-electron chi connectivity index (χ3n) is 12.2. The second-order valence-corrected chi connectivity index (χ2v) is 15.8. The van der Waals surface area contributed by atoms with Crippen molar-refractivity contribution in [1.29, 1.82) is 0 Å². The second kappa shape index (κ2) is 14.7. The van der Waals surface area contributed by atoms with Crippen LogP contribution in [-0.4, -0.2) is 19.1 Å². The zero-order chi connectivity index (χ0) is 41.0. The van der Waals surface area contributed by atoms with Crippen LogP contribution in [0.1, 0.15) is 0 Å². The molecule has 62 heavy (non-hydrogen) atoms. The summed E-state index contributed by atoms with van der Waals surface area (Å²) in [5, 5.41) is 4.94. The van der Waals surface area contributed by atoms with Gasteiger partial charge in [-0.2, -0.15) is 0 Å². The number of para-hydroxylation sites is 3. The Hall–Kier alpha value is -8.34. The summed E-state index contributed by atoms with van der Waals surface area (Å²) < 4.78 is 4.76. The molecule has 0 N–H and O–H groups in total. The van der Waals surface area contributed by atoms with Gasteiger partial charge in [0.2, 0.25) is 0 Å². The van der Waals surface area contributed by atoms with Crippen LogP contribution in [0.2, 0.25) is 0 Å². The molecular formula is C58H38N4. The van der Waals surface area contributed by atoms with Crippen LogP contribution in [0, 0.1) is 0 Å². The molecule has 12 aromatic rings. The summed E-state index contributed by atoms with van der Waals surface area (Å²) in [6.45, 7) is 0. The smallest absolute Gasteiger partial charge is 0.160 e. The molecule has 0 saturated heterocycles. The molecule has 0 aliphatic heterocycles. The lowest BCUT2D eigenvalue weighted by Crippen LogP contribution is -1.97. The third-order valence-corrected chi connectivity index (χ3v) is 12.2. The topological polar surface area (TPSA) is 35.6 Å². The normalized spacial score (nSPS) is 11.5. The summed E-state index contributed by atoms with van der Waals surface area (Å²) in [6.07, 6.45) is 0. The third kappa shape index (κ3) is 6.08. The van der Waals surface area contributed by atoms with Gasteiger partial charge in [-0.1, -0.05) is 170 Å². The van der Waals surface area contributed by atoms with Gasteiger partial charge >= 0.3 is 0 Å². The van der Waals surface area contributed by atoms with Crippen molar-refractivity contribution in [3.8, 4) is 67.5 Å². The fourth-order valence-electron chi connectivity index (χ4n) is 9.14.